The third kappa shape index (κ3) is 11.8. The molecule has 1 amide bonds. The van der Waals surface area contributed by atoms with Gasteiger partial charge in [-0.15, -0.1) is 45.3 Å². The van der Waals surface area contributed by atoms with E-state index in [-0.39, 0.29) is 5.91 Å². The predicted octanol–water partition coefficient (Wildman–Crippen LogP) is 15.5. The second kappa shape index (κ2) is 24.6. The molecular weight excluding hydrogens is 1280 g/mol. The number of fused-ring (bicyclic) bond motifs is 8. The minimum absolute atomic E-state index is 0.0695. The zero-order valence-electron chi connectivity index (χ0n) is 49.6. The molecule has 462 valence electrons. The van der Waals surface area contributed by atoms with Crippen molar-refractivity contribution in [3.05, 3.63) is 167 Å². The van der Waals surface area contributed by atoms with Crippen molar-refractivity contribution in [3.8, 4) is 16.5 Å². The van der Waals surface area contributed by atoms with Crippen molar-refractivity contribution in [2.75, 3.05) is 50.5 Å². The number of nitrogens with one attached hydrogen (secondary N) is 9. The number of aromatic amines is 3. The minimum atomic E-state index is 0.0695. The first kappa shape index (κ1) is 57.6. The lowest BCUT2D eigenvalue weighted by molar-refractivity contribution is -0.116. The summed E-state index contributed by atoms with van der Waals surface area (Å²) < 4.78 is 9.97. The highest BCUT2D eigenvalue weighted by atomic mass is 32.1. The van der Waals surface area contributed by atoms with E-state index in [1.165, 1.54) is 11.3 Å². The molecule has 25 nitrogen and oxygen atoms in total. The fraction of sp³-hybridized carbons (Fsp3) is 0.0781. The molecule has 17 aromatic rings. The molecule has 0 unspecified atom stereocenters. The van der Waals surface area contributed by atoms with E-state index in [4.69, 9.17) is 19.7 Å². The quantitative estimate of drug-likeness (QED) is 0.0488. The first-order valence-electron chi connectivity index (χ1n) is 29.1. The summed E-state index contributed by atoms with van der Waals surface area (Å²) in [6.07, 6.45) is 6.25. The first-order chi connectivity index (χ1) is 46.1. The molecule has 0 radical (unpaired) electrons. The highest BCUT2D eigenvalue weighted by Crippen LogP contribution is 2.38. The van der Waals surface area contributed by atoms with Crippen LogP contribution in [0.1, 0.15) is 12.5 Å². The number of carbonyl (C=O) groups is 1. The lowest BCUT2D eigenvalue weighted by Crippen LogP contribution is -2.25. The van der Waals surface area contributed by atoms with Crippen molar-refractivity contribution in [1.82, 2.24) is 80.2 Å². The number of aryl methyl sites for hydroxylation is 1. The van der Waals surface area contributed by atoms with Gasteiger partial charge >= 0.3 is 0 Å². The molecule has 0 atom stereocenters. The van der Waals surface area contributed by atoms with Crippen LogP contribution >= 0.6 is 56.7 Å². The number of ether oxygens (including phenoxy) is 1. The van der Waals surface area contributed by atoms with Crippen molar-refractivity contribution < 1.29 is 9.53 Å². The molecule has 0 fully saturated rings. The molecular formula is C64H49N23O2S5. The predicted molar refractivity (Wildman–Crippen MR) is 379 cm³/mol. The summed E-state index contributed by atoms with van der Waals surface area (Å²) in [5.74, 6) is 5.17. The number of carbonyl (C=O) groups excluding carboxylic acids is 1. The van der Waals surface area contributed by atoms with E-state index in [9.17, 15) is 4.79 Å². The van der Waals surface area contributed by atoms with E-state index in [2.05, 4.69) is 105 Å². The van der Waals surface area contributed by atoms with Crippen molar-refractivity contribution in [1.29, 1.82) is 0 Å². The van der Waals surface area contributed by atoms with Crippen molar-refractivity contribution in [3.63, 3.8) is 0 Å². The third-order valence-corrected chi connectivity index (χ3v) is 19.7. The minimum Gasteiger partial charge on any atom is -0.481 e. The second-order valence-corrected chi connectivity index (χ2v) is 26.0. The van der Waals surface area contributed by atoms with E-state index >= 15 is 0 Å². The molecule has 1 aliphatic rings. The van der Waals surface area contributed by atoms with Gasteiger partial charge in [-0.05, 0) is 137 Å². The Kier molecular flexibility index (Phi) is 15.0. The average Bonchev–Trinajstić information content (AvgIpc) is 1.89. The molecule has 13 aromatic heterocycles. The number of nitrogens with zero attached hydrogens (tertiary/aromatic N) is 14. The van der Waals surface area contributed by atoms with Crippen LogP contribution < -0.4 is 41.5 Å². The van der Waals surface area contributed by atoms with E-state index in [1.54, 1.807) is 82.5 Å². The van der Waals surface area contributed by atoms with Gasteiger partial charge in [0.05, 0.1) is 77.8 Å². The summed E-state index contributed by atoms with van der Waals surface area (Å²) in [5, 5.41) is 57.7. The Morgan fingerprint density at radius 3 is 1.59 bits per heavy atom. The molecule has 0 bridgehead atoms. The smallest absolute Gasteiger partial charge is 0.231 e. The van der Waals surface area contributed by atoms with Gasteiger partial charge in [-0.2, -0.15) is 35.3 Å². The molecule has 4 aromatic carbocycles. The molecule has 14 heterocycles. The molecule has 0 saturated carbocycles. The van der Waals surface area contributed by atoms with E-state index in [1.807, 2.05) is 143 Å². The average molecular weight is 1330 g/mol. The van der Waals surface area contributed by atoms with Crippen LogP contribution in [0.4, 0.5) is 74.7 Å². The van der Waals surface area contributed by atoms with Gasteiger partial charge < -0.3 is 36.2 Å². The van der Waals surface area contributed by atoms with Gasteiger partial charge in [0.2, 0.25) is 29.6 Å². The third-order valence-electron chi connectivity index (χ3n) is 15.2. The molecule has 0 saturated heterocycles. The molecule has 0 aliphatic carbocycles. The summed E-state index contributed by atoms with van der Waals surface area (Å²) in [6, 6.07) is 39.8. The van der Waals surface area contributed by atoms with Gasteiger partial charge in [0.1, 0.15) is 21.9 Å². The summed E-state index contributed by atoms with van der Waals surface area (Å²) in [4.78, 5) is 52.7. The fourth-order valence-electron chi connectivity index (χ4n) is 10.7. The normalized spacial score (nSPS) is 11.9. The van der Waals surface area contributed by atoms with E-state index in [0.717, 1.165) is 155 Å². The lowest BCUT2D eigenvalue weighted by atomic mass is 10.1. The Labute approximate surface area is 551 Å². The zero-order valence-corrected chi connectivity index (χ0v) is 53.7. The van der Waals surface area contributed by atoms with E-state index in [0.29, 0.717) is 28.9 Å². The van der Waals surface area contributed by atoms with Crippen LogP contribution in [0.5, 0.6) is 5.88 Å². The Bertz CT molecular complexity index is 5650. The van der Waals surface area contributed by atoms with Gasteiger partial charge in [-0.1, -0.05) is 17.4 Å². The van der Waals surface area contributed by atoms with Crippen LogP contribution in [0.25, 0.3) is 84.3 Å². The van der Waals surface area contributed by atoms with Crippen LogP contribution in [-0.4, -0.2) is 99.8 Å². The second-order valence-electron chi connectivity index (χ2n) is 21.3. The number of benzene rings is 4. The Balaban J connectivity index is 0.000000112. The van der Waals surface area contributed by atoms with Gasteiger partial charge in [0.15, 0.2) is 22.6 Å². The van der Waals surface area contributed by atoms with Crippen LogP contribution in [0, 0.1) is 0 Å². The standard InChI is InChI=1S/C23H19N7OS.C21H16N8S2.C20H14N8OS2/c1-13(31)30-8-6-14-10-17(3-5-20(14)30)26-23-27-19-7-9-32-21(19)22(28-23)25-16-2-4-18-15(11-16)12-24-29-18;1-29-18(10-16(28-29)17-3-2-7-30-17)25-21-24-15-6-8-31-19(15)20(26-21)23-13-4-5-14-12(9-13)11-22-27-14;1-29-15-5-4-14-18(25-15)31-20(24-14)27-19-23-13-6-7-30-16(13)17(26-19)22-11-2-3-12-10(8-11)9-21-28-12/h2-5,7,9-12H,6,8H2,1H3,(H,24,29)(H2,25,26,27,28);2-11H,1H3,(H,22,27)(H2,23,24,25,26);2-9H,1H3,(H,21,28)(H2,22,23,24,26,27). The molecule has 9 N–H and O–H groups in total. The number of thiazole rings is 1. The Hall–Kier alpha value is -11.6. The maximum absolute atomic E-state index is 11.8. The van der Waals surface area contributed by atoms with Gasteiger partial charge in [-0.3, -0.25) is 30.1 Å². The summed E-state index contributed by atoms with van der Waals surface area (Å²) >= 11 is 7.88. The number of pyridine rings is 1. The van der Waals surface area contributed by atoms with Crippen LogP contribution in [0.3, 0.4) is 0 Å². The van der Waals surface area contributed by atoms with Gasteiger partial charge in [0.25, 0.3) is 0 Å². The summed E-state index contributed by atoms with van der Waals surface area (Å²) in [7, 11) is 3.50. The number of anilines is 13. The highest BCUT2D eigenvalue weighted by Gasteiger charge is 2.23. The molecule has 1 aliphatic heterocycles. The number of amides is 1. The molecule has 94 heavy (non-hydrogen) atoms. The number of hydrogen-bond acceptors (Lipinski definition) is 25. The monoisotopic (exact) mass is 1330 g/mol. The van der Waals surface area contributed by atoms with Gasteiger partial charge in [-0.25, -0.2) is 24.9 Å². The number of thiophene rings is 4. The van der Waals surface area contributed by atoms with Crippen molar-refractivity contribution in [2.45, 2.75) is 13.3 Å². The number of H-pyrrole nitrogens is 3. The highest BCUT2D eigenvalue weighted by molar-refractivity contribution is 7.22. The van der Waals surface area contributed by atoms with Crippen LogP contribution in [-0.2, 0) is 18.3 Å². The zero-order chi connectivity index (χ0) is 63.2. The van der Waals surface area contributed by atoms with Crippen LogP contribution in [0.2, 0.25) is 0 Å². The molecule has 18 rings (SSSR count). The summed E-state index contributed by atoms with van der Waals surface area (Å²) in [6.45, 7) is 2.32. The first-order valence-corrected chi connectivity index (χ1v) is 33.4. The molecule has 30 heteroatoms. The number of rotatable bonds is 14. The molecule has 0 spiro atoms. The van der Waals surface area contributed by atoms with Crippen LogP contribution in [0.15, 0.2) is 161 Å². The topological polar surface area (TPSA) is 309 Å². The SMILES string of the molecule is CC(=O)N1CCc2cc(Nc3nc(Nc4ccc5[nH]ncc5c4)c4sccc4n3)ccc21.COc1ccc2nc(Nc3nc(Nc4ccc5[nH]ncc5c4)c4sccc4n3)sc2n1.Cn1nc(-c2cccs2)cc1Nc1nc(Nc2ccc3[nH]ncc3c2)c2sccc2n1. The van der Waals surface area contributed by atoms with Gasteiger partial charge in [0, 0.05) is 77.2 Å². The number of aromatic nitrogens is 16. The summed E-state index contributed by atoms with van der Waals surface area (Å²) in [5.41, 5.74) is 13.1. The fourth-order valence-corrected chi connectivity index (χ4v) is 14.6. The van der Waals surface area contributed by atoms with E-state index < -0.39 is 0 Å². The Morgan fingerprint density at radius 1 is 0.521 bits per heavy atom. The maximum atomic E-state index is 11.8. The largest absolute Gasteiger partial charge is 0.481 e. The lowest BCUT2D eigenvalue weighted by Gasteiger charge is -2.15. The van der Waals surface area contributed by atoms with Crippen molar-refractivity contribution in [2.24, 2.45) is 7.05 Å². The number of hydrogen-bond donors (Lipinski definition) is 9. The Morgan fingerprint density at radius 2 is 1.05 bits per heavy atom. The maximum Gasteiger partial charge on any atom is 0.231 e. The van der Waals surface area contributed by atoms with Crippen molar-refractivity contribution >= 4 is 211 Å². The number of methoxy groups -OCH3 is 1.